The van der Waals surface area contributed by atoms with Crippen molar-refractivity contribution in [3.05, 3.63) is 87.6 Å². The molecular weight excluding hydrogens is 394 g/mol. The number of rotatable bonds is 7. The van der Waals surface area contributed by atoms with Crippen molar-refractivity contribution in [1.29, 1.82) is 0 Å². The van der Waals surface area contributed by atoms with Crippen LogP contribution in [0.15, 0.2) is 66.7 Å². The Morgan fingerprint density at radius 2 is 1.77 bits per heavy atom. The molecule has 4 nitrogen and oxygen atoms in total. The molecule has 1 fully saturated rings. The number of carboxylic acid groups (broad SMARTS) is 1. The number of benzene rings is 2. The molecule has 5 heteroatoms. The van der Waals surface area contributed by atoms with E-state index in [4.69, 9.17) is 4.74 Å². The molecule has 1 atom stereocenters. The summed E-state index contributed by atoms with van der Waals surface area (Å²) in [5.41, 5.74) is 2.37. The molecular formula is C25H27NO3S. The van der Waals surface area contributed by atoms with Crippen molar-refractivity contribution in [2.75, 3.05) is 13.1 Å². The van der Waals surface area contributed by atoms with Crippen molar-refractivity contribution in [2.24, 2.45) is 5.92 Å². The summed E-state index contributed by atoms with van der Waals surface area (Å²) >= 11 is 1.81. The number of piperidine rings is 1. The topological polar surface area (TPSA) is 49.8 Å². The number of aryl methyl sites for hydroxylation is 1. The molecule has 2 aromatic carbocycles. The first-order valence-corrected chi connectivity index (χ1v) is 11.2. The number of hydrogen-bond donors (Lipinski definition) is 1. The molecule has 0 spiro atoms. The quantitative estimate of drug-likeness (QED) is 0.546. The van der Waals surface area contributed by atoms with Crippen molar-refractivity contribution in [2.45, 2.75) is 32.4 Å². The third-order valence-corrected chi connectivity index (χ3v) is 6.77. The van der Waals surface area contributed by atoms with Gasteiger partial charge >= 0.3 is 5.97 Å². The lowest BCUT2D eigenvalue weighted by atomic mass is 9.94. The molecule has 2 heterocycles. The van der Waals surface area contributed by atoms with Gasteiger partial charge in [0.05, 0.1) is 12.0 Å². The predicted octanol–water partition coefficient (Wildman–Crippen LogP) is 5.52. The molecule has 0 amide bonds. The van der Waals surface area contributed by atoms with Crippen LogP contribution in [0, 0.1) is 12.8 Å². The van der Waals surface area contributed by atoms with Crippen LogP contribution in [0.4, 0.5) is 0 Å². The maximum atomic E-state index is 11.3. The molecule has 1 aliphatic rings. The van der Waals surface area contributed by atoms with Crippen molar-refractivity contribution < 1.29 is 14.6 Å². The minimum absolute atomic E-state index is 0.154. The van der Waals surface area contributed by atoms with Gasteiger partial charge in [0.15, 0.2) is 0 Å². The van der Waals surface area contributed by atoms with Crippen LogP contribution in [0.3, 0.4) is 0 Å². The molecule has 4 rings (SSSR count). The van der Waals surface area contributed by atoms with Crippen LogP contribution >= 0.6 is 11.3 Å². The van der Waals surface area contributed by atoms with Gasteiger partial charge in [-0.3, -0.25) is 9.69 Å². The summed E-state index contributed by atoms with van der Waals surface area (Å²) in [6.45, 7) is 4.27. The molecule has 0 saturated carbocycles. The SMILES string of the molecule is Cc1ccc(C(c2ccc(OCc3ccccc3)cc2)N2CCC(C(=O)O)CC2)s1. The van der Waals surface area contributed by atoms with E-state index in [0.29, 0.717) is 19.4 Å². The van der Waals surface area contributed by atoms with Gasteiger partial charge in [0.25, 0.3) is 0 Å². The van der Waals surface area contributed by atoms with Crippen molar-refractivity contribution in [3.63, 3.8) is 0 Å². The van der Waals surface area contributed by atoms with E-state index in [0.717, 1.165) is 24.4 Å². The summed E-state index contributed by atoms with van der Waals surface area (Å²) in [6.07, 6.45) is 1.41. The summed E-state index contributed by atoms with van der Waals surface area (Å²) in [4.78, 5) is 16.4. The van der Waals surface area contributed by atoms with Gasteiger partial charge in [0.1, 0.15) is 12.4 Å². The number of ether oxygens (including phenoxy) is 1. The molecule has 1 saturated heterocycles. The Morgan fingerprint density at radius 3 is 2.37 bits per heavy atom. The lowest BCUT2D eigenvalue weighted by Gasteiger charge is -2.36. The molecule has 0 aliphatic carbocycles. The van der Waals surface area contributed by atoms with Crippen LogP contribution in [-0.2, 0) is 11.4 Å². The van der Waals surface area contributed by atoms with Gasteiger partial charge in [-0.25, -0.2) is 0 Å². The Bertz CT molecular complexity index is 960. The number of likely N-dealkylation sites (tertiary alicyclic amines) is 1. The number of nitrogens with zero attached hydrogens (tertiary/aromatic N) is 1. The predicted molar refractivity (Wildman–Crippen MR) is 120 cm³/mol. The second-order valence-corrected chi connectivity index (χ2v) is 9.16. The minimum atomic E-state index is -0.668. The average Bonchev–Trinajstić information content (AvgIpc) is 3.20. The Balaban J connectivity index is 1.50. The Kier molecular flexibility index (Phi) is 6.50. The Hall–Kier alpha value is -2.63. The summed E-state index contributed by atoms with van der Waals surface area (Å²) in [5.74, 6) is -0.0351. The fourth-order valence-electron chi connectivity index (χ4n) is 4.05. The van der Waals surface area contributed by atoms with Crippen LogP contribution in [0.25, 0.3) is 0 Å². The highest BCUT2D eigenvalue weighted by molar-refractivity contribution is 7.12. The smallest absolute Gasteiger partial charge is 0.306 e. The number of carboxylic acids is 1. The van der Waals surface area contributed by atoms with Gasteiger partial charge in [-0.2, -0.15) is 0 Å². The third-order valence-electron chi connectivity index (χ3n) is 5.72. The van der Waals surface area contributed by atoms with Gasteiger partial charge in [0, 0.05) is 9.75 Å². The fraction of sp³-hybridized carbons (Fsp3) is 0.320. The largest absolute Gasteiger partial charge is 0.489 e. The van der Waals surface area contributed by atoms with Gasteiger partial charge in [-0.05, 0) is 68.2 Å². The summed E-state index contributed by atoms with van der Waals surface area (Å²) in [6, 6.07) is 23.0. The van der Waals surface area contributed by atoms with Crippen LogP contribution in [-0.4, -0.2) is 29.1 Å². The van der Waals surface area contributed by atoms with E-state index in [1.165, 1.54) is 15.3 Å². The van der Waals surface area contributed by atoms with E-state index < -0.39 is 5.97 Å². The molecule has 3 aromatic rings. The first-order chi connectivity index (χ1) is 14.6. The highest BCUT2D eigenvalue weighted by atomic mass is 32.1. The second kappa shape index (κ2) is 9.45. The zero-order valence-corrected chi connectivity index (χ0v) is 18.0. The van der Waals surface area contributed by atoms with Crippen molar-refractivity contribution >= 4 is 17.3 Å². The molecule has 0 bridgehead atoms. The zero-order chi connectivity index (χ0) is 20.9. The van der Waals surface area contributed by atoms with E-state index in [1.807, 2.05) is 41.7 Å². The summed E-state index contributed by atoms with van der Waals surface area (Å²) in [5, 5.41) is 9.33. The molecule has 1 aromatic heterocycles. The first kappa shape index (κ1) is 20.6. The highest BCUT2D eigenvalue weighted by Crippen LogP contribution is 2.36. The van der Waals surface area contributed by atoms with Gasteiger partial charge < -0.3 is 9.84 Å². The lowest BCUT2D eigenvalue weighted by Crippen LogP contribution is -2.39. The molecule has 1 N–H and O–H groups in total. The van der Waals surface area contributed by atoms with Gasteiger partial charge in [-0.15, -0.1) is 11.3 Å². The van der Waals surface area contributed by atoms with Gasteiger partial charge in [-0.1, -0.05) is 42.5 Å². The van der Waals surface area contributed by atoms with Crippen molar-refractivity contribution in [3.8, 4) is 5.75 Å². The van der Waals surface area contributed by atoms with E-state index in [1.54, 1.807) is 0 Å². The fourth-order valence-corrected chi connectivity index (χ4v) is 5.09. The van der Waals surface area contributed by atoms with Crippen LogP contribution in [0.1, 0.15) is 39.8 Å². The third kappa shape index (κ3) is 4.91. The Labute approximate surface area is 181 Å². The number of thiophene rings is 1. The lowest BCUT2D eigenvalue weighted by molar-refractivity contribution is -0.143. The molecule has 156 valence electrons. The minimum Gasteiger partial charge on any atom is -0.489 e. The number of hydrogen-bond acceptors (Lipinski definition) is 4. The van der Waals surface area contributed by atoms with E-state index in [9.17, 15) is 9.90 Å². The van der Waals surface area contributed by atoms with E-state index in [2.05, 4.69) is 48.2 Å². The second-order valence-electron chi connectivity index (χ2n) is 7.84. The highest BCUT2D eigenvalue weighted by Gasteiger charge is 2.30. The summed E-state index contributed by atoms with van der Waals surface area (Å²) in [7, 11) is 0. The number of carbonyl (C=O) groups is 1. The van der Waals surface area contributed by atoms with E-state index in [-0.39, 0.29) is 12.0 Å². The molecule has 1 unspecified atom stereocenters. The van der Waals surface area contributed by atoms with Crippen LogP contribution in [0.5, 0.6) is 5.75 Å². The maximum absolute atomic E-state index is 11.3. The molecule has 1 aliphatic heterocycles. The number of aliphatic carboxylic acids is 1. The van der Waals surface area contributed by atoms with Gasteiger partial charge in [0.2, 0.25) is 0 Å². The average molecular weight is 422 g/mol. The summed E-state index contributed by atoms with van der Waals surface area (Å²) < 4.78 is 5.95. The normalized spacial score (nSPS) is 16.3. The zero-order valence-electron chi connectivity index (χ0n) is 17.2. The maximum Gasteiger partial charge on any atom is 0.306 e. The molecule has 30 heavy (non-hydrogen) atoms. The molecule has 0 radical (unpaired) electrons. The van der Waals surface area contributed by atoms with Crippen molar-refractivity contribution in [1.82, 2.24) is 4.90 Å². The monoisotopic (exact) mass is 421 g/mol. The Morgan fingerprint density at radius 1 is 1.07 bits per heavy atom. The van der Waals surface area contributed by atoms with E-state index >= 15 is 0 Å². The van der Waals surface area contributed by atoms with Crippen LogP contribution in [0.2, 0.25) is 0 Å². The standard InChI is InChI=1S/C25H27NO3S/c1-18-7-12-23(30-18)24(26-15-13-21(14-16-26)25(27)28)20-8-10-22(11-9-20)29-17-19-5-3-2-4-6-19/h2-12,21,24H,13-17H2,1H3,(H,27,28). The first-order valence-electron chi connectivity index (χ1n) is 10.4. The van der Waals surface area contributed by atoms with Crippen LogP contribution < -0.4 is 4.74 Å².